The van der Waals surface area contributed by atoms with Gasteiger partial charge in [-0.05, 0) is 0 Å². The van der Waals surface area contributed by atoms with Gasteiger partial charge in [-0.3, -0.25) is 0 Å². The fraction of sp³-hybridized carbons (Fsp3) is 0.556. The number of rotatable bonds is 1. The van der Waals surface area contributed by atoms with E-state index in [-0.39, 0.29) is 0 Å². The Kier molecular flexibility index (Phi) is 2.23. The van der Waals surface area contributed by atoms with Crippen molar-refractivity contribution in [2.75, 3.05) is 0 Å². The quantitative estimate of drug-likeness (QED) is 0.623. The van der Waals surface area contributed by atoms with E-state index in [0.29, 0.717) is 0 Å². The molecule has 0 atom stereocenters. The van der Waals surface area contributed by atoms with Crippen LogP contribution in [0.15, 0.2) is 21.0 Å². The van der Waals surface area contributed by atoms with Gasteiger partial charge in [-0.25, -0.2) is 0 Å². The van der Waals surface area contributed by atoms with Gasteiger partial charge >= 0.3 is 73.6 Å². The van der Waals surface area contributed by atoms with Crippen molar-refractivity contribution in [3.05, 3.63) is 21.0 Å². The van der Waals surface area contributed by atoms with Crippen LogP contribution in [0.25, 0.3) is 0 Å². The van der Waals surface area contributed by atoms with Crippen molar-refractivity contribution in [1.29, 1.82) is 0 Å². The minimum absolute atomic E-state index is 1.27. The van der Waals surface area contributed by atoms with Gasteiger partial charge < -0.3 is 0 Å². The Hall–Kier alpha value is 0.580. The van der Waals surface area contributed by atoms with Crippen LogP contribution in [0.5, 0.6) is 0 Å². The molecule has 0 heterocycles. The SMILES string of the molecule is CC1=[C]([Zr]([CH3])([CH3])([CH3])[SiH3])CC=C1. The van der Waals surface area contributed by atoms with Crippen LogP contribution in [-0.4, -0.2) is 7.37 Å². The van der Waals surface area contributed by atoms with Gasteiger partial charge in [0, 0.05) is 0 Å². The zero-order valence-corrected chi connectivity index (χ0v) is 12.8. The van der Waals surface area contributed by atoms with Crippen LogP contribution >= 0.6 is 0 Å². The summed E-state index contributed by atoms with van der Waals surface area (Å²) in [4.78, 5) is 0. The van der Waals surface area contributed by atoms with Gasteiger partial charge in [0.25, 0.3) is 0 Å². The third-order valence-electron chi connectivity index (χ3n) is 2.37. The molecule has 0 aromatic rings. The average Bonchev–Trinajstić information content (AvgIpc) is 2.08. The summed E-state index contributed by atoms with van der Waals surface area (Å²) in [6, 6.07) is 0. The molecule has 0 aromatic heterocycles. The molecule has 63 valence electrons. The first-order chi connectivity index (χ1) is 4.77. The van der Waals surface area contributed by atoms with Crippen molar-refractivity contribution in [3.63, 3.8) is 0 Å². The molecule has 11 heavy (non-hydrogen) atoms. The van der Waals surface area contributed by atoms with Crippen LogP contribution in [-0.2, 0) is 17.9 Å². The van der Waals surface area contributed by atoms with Crippen LogP contribution in [0.2, 0.25) is 13.9 Å². The first-order valence-corrected chi connectivity index (χ1v) is 21.4. The molecule has 0 N–H and O–H groups in total. The van der Waals surface area contributed by atoms with Gasteiger partial charge in [-0.15, -0.1) is 0 Å². The Morgan fingerprint density at radius 3 is 2.09 bits per heavy atom. The Labute approximate surface area is 73.3 Å². The summed E-state index contributed by atoms with van der Waals surface area (Å²) >= 11 is -2.13. The molecule has 0 saturated heterocycles. The standard InChI is InChI=1S/C6H7.3CH3.H3Si.Zr/c1-6-4-2-3-5-6;;;;;/h2,4H,3H2,1H3;4*1H3;. The van der Waals surface area contributed by atoms with E-state index in [0.717, 1.165) is 0 Å². The second-order valence-corrected chi connectivity index (χ2v) is 47.6. The third kappa shape index (κ3) is 2.26. The van der Waals surface area contributed by atoms with Crippen LogP contribution in [0.3, 0.4) is 0 Å². The Morgan fingerprint density at radius 1 is 1.36 bits per heavy atom. The van der Waals surface area contributed by atoms with Crippen LogP contribution in [0.1, 0.15) is 13.3 Å². The molecule has 2 heteroatoms. The molecule has 0 spiro atoms. The molecule has 0 amide bonds. The Bertz CT molecular complexity index is 231. The van der Waals surface area contributed by atoms with E-state index < -0.39 is 17.9 Å². The molecule has 0 nitrogen and oxygen atoms in total. The van der Waals surface area contributed by atoms with Crippen LogP contribution in [0.4, 0.5) is 0 Å². The number of hydrogen-bond acceptors (Lipinski definition) is 0. The topological polar surface area (TPSA) is 0 Å². The van der Waals surface area contributed by atoms with Crippen molar-refractivity contribution < 1.29 is 17.9 Å². The average molecular weight is 247 g/mol. The van der Waals surface area contributed by atoms with E-state index in [1.54, 1.807) is 5.57 Å². The van der Waals surface area contributed by atoms with Gasteiger partial charge in [0.1, 0.15) is 0 Å². The summed E-state index contributed by atoms with van der Waals surface area (Å²) in [6.07, 6.45) is 5.90. The van der Waals surface area contributed by atoms with Crippen molar-refractivity contribution in [2.24, 2.45) is 0 Å². The maximum atomic E-state index is 2.57. The fourth-order valence-electron chi connectivity index (χ4n) is 1.81. The molecule has 0 bridgehead atoms. The molecule has 0 fully saturated rings. The summed E-state index contributed by atoms with van der Waals surface area (Å²) in [5.41, 5.74) is 1.58. The zero-order valence-electron chi connectivity index (χ0n) is 8.36. The first-order valence-electron chi connectivity index (χ1n) is 4.38. The molecule has 1 aliphatic carbocycles. The zero-order chi connectivity index (χ0) is 8.72. The second kappa shape index (κ2) is 2.53. The maximum absolute atomic E-state index is 2.57. The summed E-state index contributed by atoms with van der Waals surface area (Å²) in [5.74, 6) is 0. The van der Waals surface area contributed by atoms with Gasteiger partial charge in [-0.1, -0.05) is 0 Å². The Morgan fingerprint density at radius 2 is 1.91 bits per heavy atom. The van der Waals surface area contributed by atoms with Crippen LogP contribution < -0.4 is 0 Å². The molecule has 1 aliphatic rings. The summed E-state index contributed by atoms with van der Waals surface area (Å²) < 4.78 is 9.55. The van der Waals surface area contributed by atoms with Crippen molar-refractivity contribution in [1.82, 2.24) is 0 Å². The van der Waals surface area contributed by atoms with Gasteiger partial charge in [0.05, 0.1) is 0 Å². The third-order valence-corrected chi connectivity index (χ3v) is 13.3. The van der Waals surface area contributed by atoms with E-state index in [4.69, 9.17) is 0 Å². The summed E-state index contributed by atoms with van der Waals surface area (Å²) in [6.45, 7) is 2.28. The molecule has 0 saturated carbocycles. The van der Waals surface area contributed by atoms with E-state index >= 15 is 0 Å². The molecule has 0 radical (unpaired) electrons. The number of hydrogen-bond donors (Lipinski definition) is 0. The monoisotopic (exact) mass is 245 g/mol. The van der Waals surface area contributed by atoms with Crippen molar-refractivity contribution in [2.45, 2.75) is 27.2 Å². The molecular formula is C9H19SiZr. The van der Waals surface area contributed by atoms with E-state index in [2.05, 4.69) is 33.0 Å². The Balaban J connectivity index is 3.05. The van der Waals surface area contributed by atoms with Gasteiger partial charge in [-0.2, -0.15) is 0 Å². The normalized spacial score (nSPS) is 22.4. The van der Waals surface area contributed by atoms with Crippen LogP contribution in [0, 0.1) is 0 Å². The van der Waals surface area contributed by atoms with Gasteiger partial charge in [0.2, 0.25) is 0 Å². The van der Waals surface area contributed by atoms with E-state index in [9.17, 15) is 0 Å². The molecule has 0 aliphatic heterocycles. The molecule has 0 unspecified atom stereocenters. The minimum atomic E-state index is -2.13. The molecule has 1 rings (SSSR count). The predicted molar refractivity (Wildman–Crippen MR) is 54.0 cm³/mol. The van der Waals surface area contributed by atoms with E-state index in [1.807, 2.05) is 3.28 Å². The van der Waals surface area contributed by atoms with Crippen molar-refractivity contribution in [3.8, 4) is 0 Å². The summed E-state index contributed by atoms with van der Waals surface area (Å²) in [5, 5.41) is 0. The predicted octanol–water partition coefficient (Wildman–Crippen LogP) is 2.33. The number of allylic oxidation sites excluding steroid dienone is 4. The summed E-state index contributed by atoms with van der Waals surface area (Å²) in [7, 11) is 1.43. The fourth-order valence-corrected chi connectivity index (χ4v) is 11.7. The van der Waals surface area contributed by atoms with E-state index in [1.165, 1.54) is 13.8 Å². The molecular weight excluding hydrogens is 227 g/mol. The van der Waals surface area contributed by atoms with Crippen molar-refractivity contribution >= 4 is 7.37 Å². The second-order valence-electron chi connectivity index (χ2n) is 5.77. The first kappa shape index (κ1) is 9.67. The molecule has 0 aromatic carbocycles. The van der Waals surface area contributed by atoms with Gasteiger partial charge in [0.15, 0.2) is 0 Å².